The molecule has 2 nitrogen and oxygen atoms in total. The van der Waals surface area contributed by atoms with Gasteiger partial charge in [0.1, 0.15) is 5.03 Å². The molecule has 2 atom stereocenters. The van der Waals surface area contributed by atoms with Gasteiger partial charge in [0.05, 0.1) is 5.52 Å². The summed E-state index contributed by atoms with van der Waals surface area (Å²) in [7, 11) is 0. The molecule has 2 N–H and O–H groups in total. The van der Waals surface area contributed by atoms with Crippen LogP contribution in [0.15, 0.2) is 35.4 Å². The van der Waals surface area contributed by atoms with Crippen molar-refractivity contribution < 1.29 is 0 Å². The van der Waals surface area contributed by atoms with Crippen LogP contribution in [0.3, 0.4) is 0 Å². The van der Waals surface area contributed by atoms with Crippen molar-refractivity contribution >= 4 is 22.7 Å². The average Bonchev–Trinajstić information content (AvgIpc) is 2.47. The van der Waals surface area contributed by atoms with E-state index in [0.29, 0.717) is 11.2 Å². The van der Waals surface area contributed by atoms with Crippen molar-refractivity contribution in [3.8, 4) is 0 Å². The third-order valence-corrected chi connectivity index (χ3v) is 5.50. The minimum Gasteiger partial charge on any atom is -0.327 e. The van der Waals surface area contributed by atoms with E-state index in [1.807, 2.05) is 17.8 Å². The molecule has 114 valence electrons. The molecule has 21 heavy (non-hydrogen) atoms. The number of pyridine rings is 1. The van der Waals surface area contributed by atoms with Gasteiger partial charge in [-0.2, -0.15) is 0 Å². The molecule has 2 unspecified atom stereocenters. The average molecular weight is 302 g/mol. The molecule has 0 saturated heterocycles. The van der Waals surface area contributed by atoms with Gasteiger partial charge in [0.2, 0.25) is 0 Å². The number of hydrogen-bond acceptors (Lipinski definition) is 3. The first kappa shape index (κ1) is 16.3. The Labute approximate surface area is 132 Å². The highest BCUT2D eigenvalue weighted by Crippen LogP contribution is 2.31. The molecule has 3 heteroatoms. The zero-order valence-corrected chi connectivity index (χ0v) is 14.3. The number of rotatable bonds is 6. The van der Waals surface area contributed by atoms with Gasteiger partial charge in [0.15, 0.2) is 0 Å². The van der Waals surface area contributed by atoms with Crippen molar-refractivity contribution in [3.05, 3.63) is 35.9 Å². The lowest BCUT2D eigenvalue weighted by atomic mass is 10.0. The molecule has 2 aromatic rings. The monoisotopic (exact) mass is 302 g/mol. The van der Waals surface area contributed by atoms with Crippen LogP contribution in [-0.4, -0.2) is 16.3 Å². The smallest absolute Gasteiger partial charge is 0.100 e. The molecule has 0 aliphatic heterocycles. The molecule has 0 spiro atoms. The highest BCUT2D eigenvalue weighted by Gasteiger charge is 2.15. The van der Waals surface area contributed by atoms with Gasteiger partial charge in [-0.25, -0.2) is 4.98 Å². The third-order valence-electron chi connectivity index (χ3n) is 4.01. The largest absolute Gasteiger partial charge is 0.327 e. The molecule has 0 aliphatic carbocycles. The summed E-state index contributed by atoms with van der Waals surface area (Å²) in [4.78, 5) is 4.89. The van der Waals surface area contributed by atoms with Crippen LogP contribution in [0, 0.1) is 5.92 Å². The Balaban J connectivity index is 2.40. The molecular weight excluding hydrogens is 276 g/mol. The van der Waals surface area contributed by atoms with Gasteiger partial charge < -0.3 is 5.73 Å². The summed E-state index contributed by atoms with van der Waals surface area (Å²) in [5.74, 6) is 0.635. The van der Waals surface area contributed by atoms with Crippen LogP contribution in [0.2, 0.25) is 0 Å². The van der Waals surface area contributed by atoms with Crippen LogP contribution >= 0.6 is 11.8 Å². The van der Waals surface area contributed by atoms with Gasteiger partial charge in [-0.1, -0.05) is 45.9 Å². The number of nitrogens with zero attached hydrogens (tertiary/aromatic N) is 1. The second-order valence-corrected chi connectivity index (χ2v) is 7.45. The molecule has 0 aliphatic rings. The summed E-state index contributed by atoms with van der Waals surface area (Å²) < 4.78 is 0. The van der Waals surface area contributed by atoms with Gasteiger partial charge in [-0.3, -0.25) is 0 Å². The van der Waals surface area contributed by atoms with Crippen molar-refractivity contribution in [2.75, 3.05) is 0 Å². The zero-order valence-electron chi connectivity index (χ0n) is 13.5. The molecular formula is C18H26N2S. The van der Waals surface area contributed by atoms with E-state index in [1.165, 1.54) is 10.9 Å². The van der Waals surface area contributed by atoms with Crippen LogP contribution in [0.25, 0.3) is 10.9 Å². The lowest BCUT2D eigenvalue weighted by Gasteiger charge is -2.18. The maximum atomic E-state index is 6.17. The Hall–Kier alpha value is -1.06. The number of hydrogen-bond donors (Lipinski definition) is 1. The molecule has 0 fully saturated rings. The Morgan fingerprint density at radius 3 is 2.57 bits per heavy atom. The highest BCUT2D eigenvalue weighted by atomic mass is 32.2. The molecule has 0 amide bonds. The Kier molecular flexibility index (Phi) is 5.65. The normalized spacial score (nSPS) is 14.6. The Morgan fingerprint density at radius 1 is 1.19 bits per heavy atom. The number of benzene rings is 1. The first-order valence-corrected chi connectivity index (χ1v) is 8.70. The predicted molar refractivity (Wildman–Crippen MR) is 93.9 cm³/mol. The van der Waals surface area contributed by atoms with Crippen molar-refractivity contribution in [1.29, 1.82) is 0 Å². The fourth-order valence-corrected chi connectivity index (χ4v) is 3.20. The second kappa shape index (κ2) is 7.28. The topological polar surface area (TPSA) is 38.9 Å². The van der Waals surface area contributed by atoms with Crippen LogP contribution < -0.4 is 5.73 Å². The van der Waals surface area contributed by atoms with Gasteiger partial charge in [-0.15, -0.1) is 11.8 Å². The summed E-state index contributed by atoms with van der Waals surface area (Å²) in [6, 6.07) is 10.8. The van der Waals surface area contributed by atoms with E-state index in [4.69, 9.17) is 10.7 Å². The van der Waals surface area contributed by atoms with E-state index < -0.39 is 0 Å². The first-order valence-electron chi connectivity index (χ1n) is 7.82. The summed E-state index contributed by atoms with van der Waals surface area (Å²) in [6.45, 7) is 8.94. The van der Waals surface area contributed by atoms with Gasteiger partial charge in [0, 0.05) is 16.7 Å². The number of thioether (sulfide) groups is 1. The van der Waals surface area contributed by atoms with Gasteiger partial charge >= 0.3 is 0 Å². The van der Waals surface area contributed by atoms with E-state index in [-0.39, 0.29) is 6.04 Å². The molecule has 1 heterocycles. The molecule has 0 saturated carbocycles. The van der Waals surface area contributed by atoms with E-state index in [0.717, 1.165) is 23.4 Å². The maximum Gasteiger partial charge on any atom is 0.100 e. The molecule has 0 bridgehead atoms. The minimum absolute atomic E-state index is 0.210. The fraction of sp³-hybridized carbons (Fsp3) is 0.500. The van der Waals surface area contributed by atoms with Crippen molar-refractivity contribution in [2.45, 2.75) is 56.9 Å². The number of para-hydroxylation sites is 1. The molecule has 0 radical (unpaired) electrons. The van der Waals surface area contributed by atoms with E-state index in [2.05, 4.69) is 52.0 Å². The Bertz CT molecular complexity index is 595. The first-order chi connectivity index (χ1) is 10.0. The lowest BCUT2D eigenvalue weighted by Crippen LogP contribution is -2.22. The molecule has 1 aromatic carbocycles. The lowest BCUT2D eigenvalue weighted by molar-refractivity contribution is 0.632. The summed E-state index contributed by atoms with van der Waals surface area (Å²) in [6.07, 6.45) is 1.90. The molecule has 2 rings (SSSR count). The van der Waals surface area contributed by atoms with E-state index in [1.54, 1.807) is 0 Å². The quantitative estimate of drug-likeness (QED) is 0.789. The van der Waals surface area contributed by atoms with E-state index >= 15 is 0 Å². The summed E-state index contributed by atoms with van der Waals surface area (Å²) in [5, 5.41) is 2.91. The van der Waals surface area contributed by atoms with Gasteiger partial charge in [0.25, 0.3) is 0 Å². The number of aromatic nitrogens is 1. The zero-order chi connectivity index (χ0) is 15.4. The van der Waals surface area contributed by atoms with Crippen LogP contribution in [0.1, 0.15) is 39.7 Å². The minimum atomic E-state index is 0.210. The fourth-order valence-electron chi connectivity index (χ4n) is 2.13. The second-order valence-electron chi connectivity index (χ2n) is 6.08. The van der Waals surface area contributed by atoms with Crippen LogP contribution in [0.4, 0.5) is 0 Å². The number of fused-ring (bicyclic) bond motifs is 1. The van der Waals surface area contributed by atoms with Gasteiger partial charge in [-0.05, 0) is 36.5 Å². The maximum absolute atomic E-state index is 6.17. The van der Waals surface area contributed by atoms with Crippen molar-refractivity contribution in [3.63, 3.8) is 0 Å². The van der Waals surface area contributed by atoms with Crippen LogP contribution in [0.5, 0.6) is 0 Å². The summed E-state index contributed by atoms with van der Waals surface area (Å²) in [5.41, 5.74) is 8.54. The highest BCUT2D eigenvalue weighted by molar-refractivity contribution is 7.99. The SMILES string of the molecule is CCC(N)Cc1cc2ccccc2nc1SC(C)C(C)C. The Morgan fingerprint density at radius 2 is 1.90 bits per heavy atom. The standard InChI is InChI=1S/C18H26N2S/c1-5-16(19)11-15-10-14-8-6-7-9-17(14)20-18(15)21-13(4)12(2)3/h6-10,12-13,16H,5,11,19H2,1-4H3. The molecule has 1 aromatic heterocycles. The summed E-state index contributed by atoms with van der Waals surface area (Å²) >= 11 is 1.88. The van der Waals surface area contributed by atoms with Crippen molar-refractivity contribution in [2.24, 2.45) is 11.7 Å². The van der Waals surface area contributed by atoms with Crippen LogP contribution in [-0.2, 0) is 6.42 Å². The predicted octanol–water partition coefficient (Wildman–Crippen LogP) is 4.65. The van der Waals surface area contributed by atoms with Crippen molar-refractivity contribution in [1.82, 2.24) is 4.98 Å². The van der Waals surface area contributed by atoms with E-state index in [9.17, 15) is 0 Å². The third kappa shape index (κ3) is 4.21. The number of nitrogens with two attached hydrogens (primary N) is 1.